The van der Waals surface area contributed by atoms with Crippen LogP contribution in [0.25, 0.3) is 11.1 Å². The normalized spacial score (nSPS) is 10.5. The molecule has 0 saturated carbocycles. The molecule has 0 unspecified atom stereocenters. The second-order valence-electron chi connectivity index (χ2n) is 6.19. The molecule has 3 aromatic carbocycles. The number of carbonyl (C=O) groups is 2. The van der Waals surface area contributed by atoms with E-state index in [2.05, 4.69) is 23.3 Å². The minimum atomic E-state index is -0.763. The number of amides is 3. The predicted molar refractivity (Wildman–Crippen MR) is 122 cm³/mol. The van der Waals surface area contributed by atoms with Gasteiger partial charge in [0.1, 0.15) is 0 Å². The summed E-state index contributed by atoms with van der Waals surface area (Å²) in [6.45, 7) is 2.00. The lowest BCUT2D eigenvalue weighted by molar-refractivity contribution is 0.0967. The van der Waals surface area contributed by atoms with Crippen molar-refractivity contribution in [3.8, 4) is 11.1 Å². The van der Waals surface area contributed by atoms with Crippen molar-refractivity contribution in [3.63, 3.8) is 0 Å². The highest BCUT2D eigenvalue weighted by atomic mass is 35.5. The summed E-state index contributed by atoms with van der Waals surface area (Å²) in [5, 5.41) is 5.42. The molecule has 0 spiro atoms. The molecular formula is C21H15Cl3N2O2S. The summed E-state index contributed by atoms with van der Waals surface area (Å²) in [7, 11) is 0. The molecule has 0 aliphatic rings. The molecule has 4 nitrogen and oxygen atoms in total. The Balaban J connectivity index is 1.78. The van der Waals surface area contributed by atoms with E-state index in [1.54, 1.807) is 18.2 Å². The van der Waals surface area contributed by atoms with E-state index in [1.165, 1.54) is 12.1 Å². The molecule has 0 aliphatic heterocycles. The van der Waals surface area contributed by atoms with E-state index in [9.17, 15) is 9.59 Å². The van der Waals surface area contributed by atoms with Crippen molar-refractivity contribution in [2.45, 2.75) is 11.8 Å². The van der Waals surface area contributed by atoms with Gasteiger partial charge in [0, 0.05) is 10.5 Å². The third-order valence-electron chi connectivity index (χ3n) is 4.14. The van der Waals surface area contributed by atoms with Gasteiger partial charge in [-0.05, 0) is 30.7 Å². The van der Waals surface area contributed by atoms with Crippen molar-refractivity contribution in [1.82, 2.24) is 5.32 Å². The first kappa shape index (κ1) is 21.5. The van der Waals surface area contributed by atoms with Crippen LogP contribution in [0.3, 0.4) is 0 Å². The van der Waals surface area contributed by atoms with E-state index in [0.717, 1.165) is 16.7 Å². The Morgan fingerprint density at radius 2 is 1.52 bits per heavy atom. The largest absolute Gasteiger partial charge is 0.326 e. The highest BCUT2D eigenvalue weighted by molar-refractivity contribution is 7.80. The van der Waals surface area contributed by atoms with Crippen LogP contribution in [-0.4, -0.2) is 11.9 Å². The highest BCUT2D eigenvalue weighted by Gasteiger charge is 2.18. The van der Waals surface area contributed by atoms with Gasteiger partial charge in [-0.3, -0.25) is 10.1 Å². The number of hydrogen-bond acceptors (Lipinski definition) is 3. The Morgan fingerprint density at radius 3 is 2.14 bits per heavy atom. The first-order chi connectivity index (χ1) is 13.8. The smallest absolute Gasteiger partial charge is 0.306 e. The number of aryl methyl sites for hydroxylation is 1. The van der Waals surface area contributed by atoms with Gasteiger partial charge >= 0.3 is 6.03 Å². The van der Waals surface area contributed by atoms with Crippen LogP contribution in [0, 0.1) is 6.92 Å². The van der Waals surface area contributed by atoms with E-state index in [-0.39, 0.29) is 15.6 Å². The van der Waals surface area contributed by atoms with E-state index in [1.807, 2.05) is 31.2 Å². The maximum Gasteiger partial charge on any atom is 0.326 e. The number of anilines is 1. The molecule has 148 valence electrons. The van der Waals surface area contributed by atoms with E-state index < -0.39 is 11.9 Å². The van der Waals surface area contributed by atoms with Crippen molar-refractivity contribution >= 4 is 65.1 Å². The summed E-state index contributed by atoms with van der Waals surface area (Å²) in [6, 6.07) is 15.2. The first-order valence-corrected chi connectivity index (χ1v) is 10.0. The average Bonchev–Trinajstić information content (AvgIpc) is 2.66. The van der Waals surface area contributed by atoms with Crippen molar-refractivity contribution in [2.75, 3.05) is 5.32 Å². The van der Waals surface area contributed by atoms with Crippen LogP contribution in [0.1, 0.15) is 15.9 Å². The zero-order valence-electron chi connectivity index (χ0n) is 15.1. The van der Waals surface area contributed by atoms with Crippen LogP contribution in [0.5, 0.6) is 0 Å². The Labute approximate surface area is 188 Å². The van der Waals surface area contributed by atoms with Gasteiger partial charge in [0.2, 0.25) is 0 Å². The van der Waals surface area contributed by atoms with Crippen molar-refractivity contribution in [3.05, 3.63) is 80.8 Å². The Hall–Kier alpha value is -2.18. The Morgan fingerprint density at radius 1 is 0.897 bits per heavy atom. The van der Waals surface area contributed by atoms with Gasteiger partial charge in [0.25, 0.3) is 5.91 Å². The molecule has 0 atom stereocenters. The zero-order valence-corrected chi connectivity index (χ0v) is 18.3. The summed E-state index contributed by atoms with van der Waals surface area (Å²) in [5.41, 5.74) is 3.21. The third-order valence-corrected chi connectivity index (χ3v) is 5.76. The lowest BCUT2D eigenvalue weighted by Gasteiger charge is -2.13. The first-order valence-electron chi connectivity index (χ1n) is 8.42. The highest BCUT2D eigenvalue weighted by Crippen LogP contribution is 2.37. The van der Waals surface area contributed by atoms with Crippen LogP contribution in [-0.2, 0) is 0 Å². The van der Waals surface area contributed by atoms with Gasteiger partial charge in [-0.15, -0.1) is 12.6 Å². The quantitative estimate of drug-likeness (QED) is 0.370. The summed E-state index contributed by atoms with van der Waals surface area (Å²) in [4.78, 5) is 25.0. The SMILES string of the molecule is Cc1ccc(-c2ccc(NC(=O)NC(=O)c3c(Cl)cccc3Cl)c(S)c2Cl)cc1. The van der Waals surface area contributed by atoms with Gasteiger partial charge in [0.15, 0.2) is 0 Å². The van der Waals surface area contributed by atoms with E-state index in [0.29, 0.717) is 15.6 Å². The topological polar surface area (TPSA) is 58.2 Å². The minimum absolute atomic E-state index is 0.0184. The van der Waals surface area contributed by atoms with Crippen LogP contribution >= 0.6 is 47.4 Å². The third kappa shape index (κ3) is 4.87. The van der Waals surface area contributed by atoms with Crippen molar-refractivity contribution < 1.29 is 9.59 Å². The molecule has 0 aliphatic carbocycles. The second kappa shape index (κ2) is 9.09. The van der Waals surface area contributed by atoms with Gasteiger partial charge in [-0.25, -0.2) is 4.79 Å². The number of urea groups is 1. The predicted octanol–water partition coefficient (Wildman–Crippen LogP) is 6.87. The molecule has 2 N–H and O–H groups in total. The van der Waals surface area contributed by atoms with Gasteiger partial charge in [-0.1, -0.05) is 76.8 Å². The van der Waals surface area contributed by atoms with Crippen LogP contribution in [0.15, 0.2) is 59.5 Å². The number of benzene rings is 3. The lowest BCUT2D eigenvalue weighted by Crippen LogP contribution is -2.34. The monoisotopic (exact) mass is 464 g/mol. The van der Waals surface area contributed by atoms with Gasteiger partial charge in [0.05, 0.1) is 26.3 Å². The molecule has 3 amide bonds. The molecule has 0 fully saturated rings. The van der Waals surface area contributed by atoms with Gasteiger partial charge in [-0.2, -0.15) is 0 Å². The molecule has 0 saturated heterocycles. The molecule has 29 heavy (non-hydrogen) atoms. The van der Waals surface area contributed by atoms with Gasteiger partial charge < -0.3 is 5.32 Å². The number of thiol groups is 1. The number of rotatable bonds is 3. The number of carbonyl (C=O) groups excluding carboxylic acids is 2. The summed E-state index contributed by atoms with van der Waals surface area (Å²) < 4.78 is 0. The fraction of sp³-hybridized carbons (Fsp3) is 0.0476. The molecule has 8 heteroatoms. The summed E-state index contributed by atoms with van der Waals surface area (Å²) in [5.74, 6) is -0.721. The van der Waals surface area contributed by atoms with Crippen LogP contribution < -0.4 is 10.6 Å². The fourth-order valence-electron chi connectivity index (χ4n) is 2.66. The Kier molecular flexibility index (Phi) is 6.75. The van der Waals surface area contributed by atoms with Crippen molar-refractivity contribution in [2.24, 2.45) is 0 Å². The van der Waals surface area contributed by atoms with Crippen LogP contribution in [0.4, 0.5) is 10.5 Å². The van der Waals surface area contributed by atoms with Crippen molar-refractivity contribution in [1.29, 1.82) is 0 Å². The molecule has 0 heterocycles. The number of imide groups is 1. The molecule has 3 aromatic rings. The number of hydrogen-bond donors (Lipinski definition) is 3. The lowest BCUT2D eigenvalue weighted by atomic mass is 10.0. The average molecular weight is 466 g/mol. The van der Waals surface area contributed by atoms with Crippen LogP contribution in [0.2, 0.25) is 15.1 Å². The number of nitrogens with one attached hydrogen (secondary N) is 2. The molecular weight excluding hydrogens is 451 g/mol. The molecule has 0 bridgehead atoms. The maximum absolute atomic E-state index is 12.3. The minimum Gasteiger partial charge on any atom is -0.306 e. The number of halogens is 3. The summed E-state index contributed by atoms with van der Waals surface area (Å²) >= 11 is 22.9. The molecule has 0 aromatic heterocycles. The second-order valence-corrected chi connectivity index (χ2v) is 7.83. The van der Waals surface area contributed by atoms with E-state index >= 15 is 0 Å². The zero-order chi connectivity index (χ0) is 21.1. The maximum atomic E-state index is 12.3. The molecule has 3 rings (SSSR count). The van der Waals surface area contributed by atoms with E-state index in [4.69, 9.17) is 34.8 Å². The Bertz CT molecular complexity index is 1080. The summed E-state index contributed by atoms with van der Waals surface area (Å²) in [6.07, 6.45) is 0. The molecule has 0 radical (unpaired) electrons. The standard InChI is InChI=1S/C21H15Cl3N2O2S/c1-11-5-7-12(8-6-11)13-9-10-16(19(29)18(13)24)25-21(28)26-20(27)17-14(22)3-2-4-15(17)23/h2-10,29H,1H3,(H2,25,26,27,28). The fourth-order valence-corrected chi connectivity index (χ4v) is 3.75.